The van der Waals surface area contributed by atoms with Crippen LogP contribution in [0.15, 0.2) is 29.3 Å². The van der Waals surface area contributed by atoms with Gasteiger partial charge >= 0.3 is 0 Å². The molecule has 2 aliphatic heterocycles. The van der Waals surface area contributed by atoms with Crippen LogP contribution in [-0.2, 0) is 18.4 Å². The fraction of sp³-hybridized carbons (Fsp3) is 0.550. The molecule has 3 aliphatic rings. The van der Waals surface area contributed by atoms with Gasteiger partial charge < -0.3 is 19.1 Å². The maximum absolute atomic E-state index is 13.1. The molecule has 0 unspecified atom stereocenters. The molecule has 1 aliphatic carbocycles. The Kier molecular flexibility index (Phi) is 3.75. The Balaban J connectivity index is 1.44. The lowest BCUT2D eigenvalue weighted by molar-refractivity contribution is -0.145. The van der Waals surface area contributed by atoms with Crippen LogP contribution >= 0.6 is 0 Å². The Bertz CT molecular complexity index is 956. The van der Waals surface area contributed by atoms with E-state index in [9.17, 15) is 14.7 Å². The Hall–Kier alpha value is -2.41. The van der Waals surface area contributed by atoms with Crippen molar-refractivity contribution in [3.63, 3.8) is 0 Å². The second-order valence-electron chi connectivity index (χ2n) is 8.31. The fourth-order valence-electron chi connectivity index (χ4n) is 4.97. The first-order chi connectivity index (χ1) is 13.0. The lowest BCUT2D eigenvalue weighted by atomic mass is 9.78. The predicted octanol–water partition coefficient (Wildman–Crippen LogP) is 0.965. The van der Waals surface area contributed by atoms with Gasteiger partial charge in [0.05, 0.1) is 11.7 Å². The third-order valence-electron chi connectivity index (χ3n) is 6.44. The van der Waals surface area contributed by atoms with Crippen molar-refractivity contribution in [3.05, 3.63) is 40.6 Å². The summed E-state index contributed by atoms with van der Waals surface area (Å²) < 4.78 is 3.76. The number of amides is 1. The molecule has 5 rings (SSSR count). The molecule has 0 radical (unpaired) electrons. The fourth-order valence-corrected chi connectivity index (χ4v) is 4.97. The number of pyridine rings is 1. The Morgan fingerprint density at radius 2 is 2.00 bits per heavy atom. The average molecular weight is 368 g/mol. The summed E-state index contributed by atoms with van der Waals surface area (Å²) in [4.78, 5) is 32.1. The summed E-state index contributed by atoms with van der Waals surface area (Å²) in [6.45, 7) is 2.03. The summed E-state index contributed by atoms with van der Waals surface area (Å²) in [5.74, 6) is 1.35. The monoisotopic (exact) mass is 368 g/mol. The third kappa shape index (κ3) is 2.64. The van der Waals surface area contributed by atoms with Crippen LogP contribution in [0, 0.1) is 11.8 Å². The summed E-state index contributed by atoms with van der Waals surface area (Å²) in [7, 11) is 1.89. The SMILES string of the molecule is Cn1ccnc1-c1ccc2n(c1=O)C[C@H]1C[C@@H]2CN(C(=O)C2CC(O)C2)C1. The van der Waals surface area contributed by atoms with Gasteiger partial charge in [-0.25, -0.2) is 4.98 Å². The van der Waals surface area contributed by atoms with Crippen LogP contribution in [-0.4, -0.2) is 49.2 Å². The van der Waals surface area contributed by atoms with Gasteiger partial charge in [0.1, 0.15) is 5.82 Å². The highest BCUT2D eigenvalue weighted by Crippen LogP contribution is 2.38. The third-order valence-corrected chi connectivity index (χ3v) is 6.44. The number of aliphatic hydroxyl groups is 1. The molecule has 27 heavy (non-hydrogen) atoms. The number of hydrogen-bond donors (Lipinski definition) is 1. The predicted molar refractivity (Wildman–Crippen MR) is 99.1 cm³/mol. The molecule has 2 atom stereocenters. The van der Waals surface area contributed by atoms with E-state index in [-0.39, 0.29) is 29.4 Å². The number of fused-ring (bicyclic) bond motifs is 4. The van der Waals surface area contributed by atoms with Gasteiger partial charge in [-0.3, -0.25) is 9.59 Å². The van der Waals surface area contributed by atoms with Crippen LogP contribution in [0.2, 0.25) is 0 Å². The lowest BCUT2D eigenvalue weighted by Gasteiger charge is -2.45. The zero-order chi connectivity index (χ0) is 18.7. The van der Waals surface area contributed by atoms with Crippen LogP contribution in [0.4, 0.5) is 0 Å². The summed E-state index contributed by atoms with van der Waals surface area (Å²) in [6.07, 6.45) is 5.44. The summed E-state index contributed by atoms with van der Waals surface area (Å²) in [5, 5.41) is 9.50. The molecular formula is C20H24N4O3. The second kappa shape index (κ2) is 6.05. The number of carbonyl (C=O) groups is 1. The van der Waals surface area contributed by atoms with Crippen LogP contribution in [0.25, 0.3) is 11.4 Å². The van der Waals surface area contributed by atoms with Crippen molar-refractivity contribution in [1.29, 1.82) is 0 Å². The quantitative estimate of drug-likeness (QED) is 0.856. The van der Waals surface area contributed by atoms with Gasteiger partial charge in [-0.1, -0.05) is 0 Å². The van der Waals surface area contributed by atoms with Crippen LogP contribution in [0.1, 0.15) is 30.9 Å². The lowest BCUT2D eigenvalue weighted by Crippen LogP contribution is -2.52. The summed E-state index contributed by atoms with van der Waals surface area (Å²) in [6, 6.07) is 3.91. The molecule has 1 saturated carbocycles. The molecule has 4 heterocycles. The van der Waals surface area contributed by atoms with Crippen LogP contribution < -0.4 is 5.56 Å². The van der Waals surface area contributed by atoms with Gasteiger partial charge in [0.15, 0.2) is 0 Å². The van der Waals surface area contributed by atoms with Crippen molar-refractivity contribution in [2.45, 2.75) is 37.8 Å². The normalized spacial score (nSPS) is 29.2. The van der Waals surface area contributed by atoms with Crippen molar-refractivity contribution in [2.75, 3.05) is 13.1 Å². The maximum atomic E-state index is 13.1. The topological polar surface area (TPSA) is 80.4 Å². The van der Waals surface area contributed by atoms with Gasteiger partial charge in [0.2, 0.25) is 5.91 Å². The Morgan fingerprint density at radius 3 is 2.70 bits per heavy atom. The largest absolute Gasteiger partial charge is 0.393 e. The van der Waals surface area contributed by atoms with Crippen molar-refractivity contribution >= 4 is 5.91 Å². The highest BCUT2D eigenvalue weighted by Gasteiger charge is 2.41. The molecule has 7 heteroatoms. The number of aryl methyl sites for hydroxylation is 1. The Morgan fingerprint density at radius 1 is 1.19 bits per heavy atom. The number of imidazole rings is 1. The first-order valence-corrected chi connectivity index (χ1v) is 9.69. The van der Waals surface area contributed by atoms with Gasteiger partial charge in [0, 0.05) is 56.6 Å². The molecule has 2 bridgehead atoms. The van der Waals surface area contributed by atoms with Crippen molar-refractivity contribution in [2.24, 2.45) is 18.9 Å². The first kappa shape index (κ1) is 16.7. The van der Waals surface area contributed by atoms with E-state index >= 15 is 0 Å². The van der Waals surface area contributed by atoms with Gasteiger partial charge in [0.25, 0.3) is 5.56 Å². The minimum absolute atomic E-state index is 0.0124. The van der Waals surface area contributed by atoms with Gasteiger partial charge in [-0.2, -0.15) is 0 Å². The van der Waals surface area contributed by atoms with Crippen LogP contribution in [0.3, 0.4) is 0 Å². The maximum Gasteiger partial charge on any atom is 0.261 e. The number of carbonyl (C=O) groups excluding carboxylic acids is 1. The molecule has 0 spiro atoms. The number of rotatable bonds is 2. The van der Waals surface area contributed by atoms with E-state index in [2.05, 4.69) is 4.98 Å². The average Bonchev–Trinajstić information content (AvgIpc) is 3.05. The number of hydrogen-bond acceptors (Lipinski definition) is 4. The number of likely N-dealkylation sites (tertiary alicyclic amines) is 1. The Labute approximate surface area is 157 Å². The van der Waals surface area contributed by atoms with E-state index in [1.807, 2.05) is 39.4 Å². The molecule has 2 aromatic heterocycles. The smallest absolute Gasteiger partial charge is 0.261 e. The van der Waals surface area contributed by atoms with Crippen molar-refractivity contribution in [3.8, 4) is 11.4 Å². The van der Waals surface area contributed by atoms with Gasteiger partial charge in [-0.05, 0) is 37.3 Å². The van der Waals surface area contributed by atoms with Gasteiger partial charge in [-0.15, -0.1) is 0 Å². The van der Waals surface area contributed by atoms with E-state index in [1.165, 1.54) is 0 Å². The standard InChI is InChI=1S/C20H24N4O3/c1-22-5-4-21-18(22)16-2-3-17-14-6-12(10-24(17)20(16)27)9-23(11-14)19(26)13-7-15(25)8-13/h2-5,12-15,25H,6-11H2,1H3/t12-,13?,14+,15?/m0/s1. The van der Waals surface area contributed by atoms with E-state index in [1.54, 1.807) is 6.20 Å². The van der Waals surface area contributed by atoms with Crippen LogP contribution in [0.5, 0.6) is 0 Å². The van der Waals surface area contributed by atoms with Crippen molar-refractivity contribution in [1.82, 2.24) is 19.0 Å². The number of aliphatic hydroxyl groups excluding tert-OH is 1. The highest BCUT2D eigenvalue weighted by molar-refractivity contribution is 5.80. The number of aromatic nitrogens is 3. The molecule has 1 amide bonds. The summed E-state index contributed by atoms with van der Waals surface area (Å²) >= 11 is 0. The number of nitrogens with zero attached hydrogens (tertiary/aromatic N) is 4. The molecule has 142 valence electrons. The molecule has 2 fully saturated rings. The van der Waals surface area contributed by atoms with Crippen molar-refractivity contribution < 1.29 is 9.90 Å². The molecule has 2 aromatic rings. The molecule has 1 saturated heterocycles. The highest BCUT2D eigenvalue weighted by atomic mass is 16.3. The minimum atomic E-state index is -0.313. The van der Waals surface area contributed by atoms with E-state index < -0.39 is 0 Å². The molecule has 1 N–H and O–H groups in total. The van der Waals surface area contributed by atoms with E-state index in [0.717, 1.165) is 12.1 Å². The molecule has 0 aromatic carbocycles. The zero-order valence-electron chi connectivity index (χ0n) is 15.4. The second-order valence-corrected chi connectivity index (χ2v) is 8.31. The summed E-state index contributed by atoms with van der Waals surface area (Å²) in [5.41, 5.74) is 1.67. The minimum Gasteiger partial charge on any atom is -0.393 e. The van der Waals surface area contributed by atoms with E-state index in [4.69, 9.17) is 0 Å². The van der Waals surface area contributed by atoms with E-state index in [0.29, 0.717) is 49.8 Å². The zero-order valence-corrected chi connectivity index (χ0v) is 15.4. The molecule has 7 nitrogen and oxygen atoms in total. The molecular weight excluding hydrogens is 344 g/mol. The first-order valence-electron chi connectivity index (χ1n) is 9.69. The number of piperidine rings is 1.